The van der Waals surface area contributed by atoms with Crippen molar-refractivity contribution in [3.05, 3.63) is 11.1 Å². The van der Waals surface area contributed by atoms with Gasteiger partial charge in [0.1, 0.15) is 5.60 Å². The van der Waals surface area contributed by atoms with Crippen LogP contribution >= 0.6 is 11.3 Å². The topological polar surface area (TPSA) is 51.6 Å². The minimum absolute atomic E-state index is 0.247. The molecule has 0 bridgehead atoms. The second-order valence-corrected chi connectivity index (χ2v) is 4.55. The summed E-state index contributed by atoms with van der Waals surface area (Å²) in [5, 5.41) is 2.43. The SMILES string of the molecule is CC(C)(C)Oc1nc(CN=C=O)cs1. The molecular formula is C9H12N2O2S. The number of rotatable bonds is 3. The van der Waals surface area contributed by atoms with E-state index in [0.29, 0.717) is 5.19 Å². The van der Waals surface area contributed by atoms with E-state index in [0.717, 1.165) is 5.69 Å². The van der Waals surface area contributed by atoms with Crippen LogP contribution in [-0.2, 0) is 11.3 Å². The number of aromatic nitrogens is 1. The van der Waals surface area contributed by atoms with Gasteiger partial charge in [-0.1, -0.05) is 11.3 Å². The van der Waals surface area contributed by atoms with Crippen molar-refractivity contribution in [1.82, 2.24) is 4.98 Å². The van der Waals surface area contributed by atoms with Crippen molar-refractivity contribution in [2.75, 3.05) is 0 Å². The first kappa shape index (κ1) is 10.9. The van der Waals surface area contributed by atoms with E-state index >= 15 is 0 Å². The van der Waals surface area contributed by atoms with E-state index in [-0.39, 0.29) is 12.1 Å². The first-order valence-corrected chi connectivity index (χ1v) is 5.06. The number of isocyanates is 1. The highest BCUT2D eigenvalue weighted by Gasteiger charge is 2.14. The fraction of sp³-hybridized carbons (Fsp3) is 0.556. The van der Waals surface area contributed by atoms with E-state index in [4.69, 9.17) is 4.74 Å². The molecule has 0 unspecified atom stereocenters. The lowest BCUT2D eigenvalue weighted by Gasteiger charge is -2.18. The van der Waals surface area contributed by atoms with Gasteiger partial charge in [-0.3, -0.25) is 0 Å². The van der Waals surface area contributed by atoms with Gasteiger partial charge in [0.25, 0.3) is 5.19 Å². The van der Waals surface area contributed by atoms with E-state index in [1.165, 1.54) is 17.4 Å². The van der Waals surface area contributed by atoms with Crippen LogP contribution in [0.3, 0.4) is 0 Å². The van der Waals surface area contributed by atoms with Crippen molar-refractivity contribution in [2.24, 2.45) is 4.99 Å². The average Bonchev–Trinajstić information content (AvgIpc) is 2.46. The molecule has 0 saturated carbocycles. The van der Waals surface area contributed by atoms with Gasteiger partial charge in [0, 0.05) is 5.38 Å². The van der Waals surface area contributed by atoms with Crippen LogP contribution in [0.25, 0.3) is 0 Å². The molecule has 0 aliphatic carbocycles. The highest BCUT2D eigenvalue weighted by molar-refractivity contribution is 7.11. The van der Waals surface area contributed by atoms with Crippen molar-refractivity contribution in [1.29, 1.82) is 0 Å². The van der Waals surface area contributed by atoms with Gasteiger partial charge in [0.2, 0.25) is 6.08 Å². The van der Waals surface area contributed by atoms with Crippen LogP contribution in [0.2, 0.25) is 0 Å². The van der Waals surface area contributed by atoms with Crippen LogP contribution < -0.4 is 4.74 Å². The molecule has 0 aromatic carbocycles. The van der Waals surface area contributed by atoms with Crippen LogP contribution in [0.1, 0.15) is 26.5 Å². The van der Waals surface area contributed by atoms with Gasteiger partial charge in [-0.25, -0.2) is 9.78 Å². The van der Waals surface area contributed by atoms with E-state index in [1.54, 1.807) is 0 Å². The van der Waals surface area contributed by atoms with Gasteiger partial charge in [0.15, 0.2) is 0 Å². The molecule has 14 heavy (non-hydrogen) atoms. The van der Waals surface area contributed by atoms with Gasteiger partial charge in [0.05, 0.1) is 12.2 Å². The molecule has 0 atom stereocenters. The Morgan fingerprint density at radius 1 is 1.64 bits per heavy atom. The van der Waals surface area contributed by atoms with Crippen molar-refractivity contribution in [3.8, 4) is 5.19 Å². The van der Waals surface area contributed by atoms with Gasteiger partial charge in [-0.2, -0.15) is 4.99 Å². The molecule has 5 heteroatoms. The lowest BCUT2D eigenvalue weighted by Crippen LogP contribution is -2.22. The molecule has 0 aliphatic heterocycles. The van der Waals surface area contributed by atoms with E-state index < -0.39 is 0 Å². The van der Waals surface area contributed by atoms with Crippen LogP contribution in [0.4, 0.5) is 0 Å². The summed E-state index contributed by atoms with van der Waals surface area (Å²) < 4.78 is 5.53. The Morgan fingerprint density at radius 2 is 2.36 bits per heavy atom. The molecule has 1 aromatic heterocycles. The Balaban J connectivity index is 2.63. The lowest BCUT2D eigenvalue weighted by molar-refractivity contribution is 0.130. The normalized spacial score (nSPS) is 10.8. The van der Waals surface area contributed by atoms with Crippen molar-refractivity contribution >= 4 is 17.4 Å². The minimum atomic E-state index is -0.247. The van der Waals surface area contributed by atoms with Crippen LogP contribution in [0.5, 0.6) is 5.19 Å². The highest BCUT2D eigenvalue weighted by Crippen LogP contribution is 2.22. The summed E-state index contributed by atoms with van der Waals surface area (Å²) in [5.41, 5.74) is 0.487. The summed E-state index contributed by atoms with van der Waals surface area (Å²) in [6.07, 6.45) is 1.47. The summed E-state index contributed by atoms with van der Waals surface area (Å²) in [6.45, 7) is 6.14. The third-order valence-corrected chi connectivity index (χ3v) is 2.00. The molecule has 76 valence electrons. The van der Waals surface area contributed by atoms with E-state index in [2.05, 4.69) is 9.98 Å². The molecule has 0 saturated heterocycles. The Kier molecular flexibility index (Phi) is 3.38. The highest BCUT2D eigenvalue weighted by atomic mass is 32.1. The quantitative estimate of drug-likeness (QED) is 0.570. The van der Waals surface area contributed by atoms with Crippen molar-refractivity contribution in [3.63, 3.8) is 0 Å². The summed E-state index contributed by atoms with van der Waals surface area (Å²) >= 11 is 1.40. The number of carbonyl (C=O) groups excluding carboxylic acids is 1. The monoisotopic (exact) mass is 212 g/mol. The molecule has 0 N–H and O–H groups in total. The largest absolute Gasteiger partial charge is 0.464 e. The Morgan fingerprint density at radius 3 is 2.93 bits per heavy atom. The zero-order chi connectivity index (χ0) is 10.6. The van der Waals surface area contributed by atoms with Crippen molar-refractivity contribution < 1.29 is 9.53 Å². The van der Waals surface area contributed by atoms with Crippen molar-refractivity contribution in [2.45, 2.75) is 32.9 Å². The second-order valence-electron chi connectivity index (χ2n) is 3.73. The zero-order valence-electron chi connectivity index (χ0n) is 8.40. The number of nitrogens with zero attached hydrogens (tertiary/aromatic N) is 2. The molecule has 1 aromatic rings. The van der Waals surface area contributed by atoms with Crippen LogP contribution in [0, 0.1) is 0 Å². The maximum Gasteiger partial charge on any atom is 0.273 e. The minimum Gasteiger partial charge on any atom is -0.464 e. The third-order valence-electron chi connectivity index (χ3n) is 1.23. The molecule has 0 spiro atoms. The Bertz CT molecular complexity index is 348. The molecule has 4 nitrogen and oxygen atoms in total. The lowest BCUT2D eigenvalue weighted by atomic mass is 10.2. The van der Waals surface area contributed by atoms with Gasteiger partial charge >= 0.3 is 0 Å². The molecule has 0 fully saturated rings. The molecule has 0 radical (unpaired) electrons. The molecule has 1 heterocycles. The van der Waals surface area contributed by atoms with Gasteiger partial charge in [-0.15, -0.1) is 0 Å². The van der Waals surface area contributed by atoms with Crippen LogP contribution in [0.15, 0.2) is 10.4 Å². The molecule has 0 amide bonds. The molecule has 0 aliphatic rings. The van der Waals surface area contributed by atoms with Gasteiger partial charge in [-0.05, 0) is 20.8 Å². The maximum atomic E-state index is 9.87. The Labute approximate surface area is 86.7 Å². The van der Waals surface area contributed by atoms with E-state index in [9.17, 15) is 4.79 Å². The number of aliphatic imine (C=N–C) groups is 1. The Hall–Kier alpha value is -1.19. The molecular weight excluding hydrogens is 200 g/mol. The number of hydrogen-bond donors (Lipinski definition) is 0. The fourth-order valence-electron chi connectivity index (χ4n) is 0.783. The maximum absolute atomic E-state index is 9.87. The third kappa shape index (κ3) is 3.68. The van der Waals surface area contributed by atoms with Crippen LogP contribution in [-0.4, -0.2) is 16.7 Å². The summed E-state index contributed by atoms with van der Waals surface area (Å²) in [7, 11) is 0. The first-order valence-electron chi connectivity index (χ1n) is 4.18. The number of ether oxygens (including phenoxy) is 1. The predicted octanol–water partition coefficient (Wildman–Crippen LogP) is 2.16. The zero-order valence-corrected chi connectivity index (χ0v) is 9.22. The number of thiazole rings is 1. The summed E-state index contributed by atoms with van der Waals surface area (Å²) in [5.74, 6) is 0. The second kappa shape index (κ2) is 4.35. The predicted molar refractivity (Wildman–Crippen MR) is 54.3 cm³/mol. The standard InChI is InChI=1S/C9H12N2O2S/c1-9(2,3)13-8-11-7(5-14-8)4-10-6-12/h5H,4H2,1-3H3. The summed E-state index contributed by atoms with van der Waals surface area (Å²) in [4.78, 5) is 17.5. The fourth-order valence-corrected chi connectivity index (χ4v) is 1.62. The summed E-state index contributed by atoms with van der Waals surface area (Å²) in [6, 6.07) is 0. The average molecular weight is 212 g/mol. The smallest absolute Gasteiger partial charge is 0.273 e. The molecule has 1 rings (SSSR count). The van der Waals surface area contributed by atoms with Gasteiger partial charge < -0.3 is 4.74 Å². The number of hydrogen-bond acceptors (Lipinski definition) is 5. The van der Waals surface area contributed by atoms with E-state index in [1.807, 2.05) is 26.2 Å². The first-order chi connectivity index (χ1) is 6.51.